The molecule has 0 aromatic heterocycles. The molecule has 3 N–H and O–H groups in total. The summed E-state index contributed by atoms with van der Waals surface area (Å²) < 4.78 is 11.1. The number of allylic oxidation sites excluding steroid dienone is 1. The number of Topliss-reactive ketones (excluding diaryl/α,β-unsaturated/α-hetero) is 2. The molecule has 4 aliphatic rings. The Bertz CT molecular complexity index is 1250. The van der Waals surface area contributed by atoms with E-state index in [9.17, 15) is 34.5 Å². The maximum Gasteiger partial charge on any atom is 0.305 e. The van der Waals surface area contributed by atoms with Gasteiger partial charge in [0.15, 0.2) is 5.78 Å². The monoisotopic (exact) mass is 618 g/mol. The minimum atomic E-state index is -1.92. The number of carbonyl (C=O) groups is 4. The van der Waals surface area contributed by atoms with Crippen LogP contribution in [0.25, 0.3) is 0 Å². The first kappa shape index (κ1) is 34.8. The number of aliphatic hydroxyl groups is 3. The molecule has 0 spiro atoms. The van der Waals surface area contributed by atoms with E-state index in [2.05, 4.69) is 13.0 Å². The van der Waals surface area contributed by atoms with Crippen LogP contribution in [0, 0.1) is 39.4 Å². The molecule has 0 aromatic carbocycles. The number of ketones is 2. The zero-order chi connectivity index (χ0) is 33.4. The largest absolute Gasteiger partial charge is 0.460 e. The number of hydrogen-bond acceptors (Lipinski definition) is 9. The number of carbonyl (C=O) groups excluding carboxylic acids is 4. The van der Waals surface area contributed by atoms with E-state index < -0.39 is 68.8 Å². The van der Waals surface area contributed by atoms with E-state index in [1.165, 1.54) is 13.8 Å². The van der Waals surface area contributed by atoms with E-state index >= 15 is 0 Å². The fraction of sp³-hybridized carbons (Fsp3) is 0.829. The van der Waals surface area contributed by atoms with Gasteiger partial charge < -0.3 is 24.8 Å². The third kappa shape index (κ3) is 5.09. The van der Waals surface area contributed by atoms with Crippen LogP contribution in [0.5, 0.6) is 0 Å². The second-order valence-corrected chi connectivity index (χ2v) is 16.2. The average molecular weight is 619 g/mol. The summed E-state index contributed by atoms with van der Waals surface area (Å²) in [5, 5.41) is 34.9. The van der Waals surface area contributed by atoms with E-state index in [0.29, 0.717) is 12.8 Å². The molecule has 0 heterocycles. The highest BCUT2D eigenvalue weighted by Gasteiger charge is 2.74. The Morgan fingerprint density at radius 3 is 2.20 bits per heavy atom. The fourth-order valence-electron chi connectivity index (χ4n) is 10.3. The highest BCUT2D eigenvalue weighted by molar-refractivity contribution is 5.90. The van der Waals surface area contributed by atoms with Gasteiger partial charge in [0.2, 0.25) is 0 Å². The van der Waals surface area contributed by atoms with Gasteiger partial charge >= 0.3 is 11.9 Å². The molecule has 0 saturated heterocycles. The molecular weight excluding hydrogens is 564 g/mol. The summed E-state index contributed by atoms with van der Waals surface area (Å²) in [4.78, 5) is 51.9. The van der Waals surface area contributed by atoms with Crippen LogP contribution < -0.4 is 0 Å². The molecule has 4 aliphatic carbocycles. The van der Waals surface area contributed by atoms with Gasteiger partial charge in [0.05, 0.1) is 12.2 Å². The predicted octanol–water partition coefficient (Wildman–Crippen LogP) is 4.48. The molecule has 3 fully saturated rings. The maximum atomic E-state index is 14.5. The quantitative estimate of drug-likeness (QED) is 0.265. The second-order valence-electron chi connectivity index (χ2n) is 16.2. The average Bonchev–Trinajstić information content (AvgIpc) is 3.09. The first-order valence-corrected chi connectivity index (χ1v) is 16.3. The molecule has 0 amide bonds. The van der Waals surface area contributed by atoms with Crippen LogP contribution in [0.4, 0.5) is 0 Å². The van der Waals surface area contributed by atoms with Crippen molar-refractivity contribution in [1.82, 2.24) is 0 Å². The Hall–Kier alpha value is -2.10. The van der Waals surface area contributed by atoms with Crippen molar-refractivity contribution in [3.05, 3.63) is 11.6 Å². The summed E-state index contributed by atoms with van der Waals surface area (Å²) in [6, 6.07) is 0. The molecule has 9 nitrogen and oxygen atoms in total. The molecule has 0 bridgehead atoms. The molecule has 10 atom stereocenters. The standard InChI is InChI=1S/C35H54O9/c1-11-27(41)43-29-22(37)16-21-20(31(29,5)6)12-13-24-32(7)17-23(38)28(33(32,8)18-26(40)34(21,24)9)35(10,42)25(39)14-15-30(3,4)44-19(2)36/h12,21-24,28-29,37-38,42H,11,13-18H2,1-10H3/t21-,22+,23-,24+,28+,29-,32+,33-,34+,35+/m1/s1. The lowest BCUT2D eigenvalue weighted by atomic mass is 9.38. The van der Waals surface area contributed by atoms with Crippen LogP contribution in [0.2, 0.25) is 0 Å². The second kappa shape index (κ2) is 11.0. The third-order valence-corrected chi connectivity index (χ3v) is 12.7. The minimum Gasteiger partial charge on any atom is -0.460 e. The van der Waals surface area contributed by atoms with Crippen molar-refractivity contribution in [1.29, 1.82) is 0 Å². The van der Waals surface area contributed by atoms with Gasteiger partial charge in [0.25, 0.3) is 0 Å². The van der Waals surface area contributed by atoms with Gasteiger partial charge in [-0.3, -0.25) is 19.2 Å². The Kier molecular flexibility index (Phi) is 8.70. The van der Waals surface area contributed by atoms with Gasteiger partial charge in [-0.05, 0) is 69.1 Å². The Labute approximate surface area is 262 Å². The van der Waals surface area contributed by atoms with Gasteiger partial charge in [0.1, 0.15) is 23.1 Å². The summed E-state index contributed by atoms with van der Waals surface area (Å²) in [5.74, 6) is -2.65. The summed E-state index contributed by atoms with van der Waals surface area (Å²) in [7, 11) is 0. The zero-order valence-electron chi connectivity index (χ0n) is 28.3. The fourth-order valence-corrected chi connectivity index (χ4v) is 10.3. The van der Waals surface area contributed by atoms with E-state index in [0.717, 1.165) is 5.57 Å². The Morgan fingerprint density at radius 1 is 1.02 bits per heavy atom. The third-order valence-electron chi connectivity index (χ3n) is 12.7. The summed E-state index contributed by atoms with van der Waals surface area (Å²) in [6.45, 7) is 17.8. The van der Waals surface area contributed by atoms with Gasteiger partial charge in [0, 0.05) is 42.9 Å². The molecule has 9 heteroatoms. The highest BCUT2D eigenvalue weighted by Crippen LogP contribution is 2.74. The van der Waals surface area contributed by atoms with Gasteiger partial charge in [-0.2, -0.15) is 0 Å². The van der Waals surface area contributed by atoms with Crippen molar-refractivity contribution in [2.45, 2.75) is 144 Å². The van der Waals surface area contributed by atoms with E-state index in [1.807, 2.05) is 27.7 Å². The smallest absolute Gasteiger partial charge is 0.305 e. The van der Waals surface area contributed by atoms with Gasteiger partial charge in [-0.25, -0.2) is 0 Å². The number of fused-ring (bicyclic) bond motifs is 5. The van der Waals surface area contributed by atoms with Crippen LogP contribution in [0.1, 0.15) is 114 Å². The summed E-state index contributed by atoms with van der Waals surface area (Å²) >= 11 is 0. The summed E-state index contributed by atoms with van der Waals surface area (Å²) in [6.07, 6.45) is 1.07. The van der Waals surface area contributed by atoms with Gasteiger partial charge in [-0.1, -0.05) is 53.2 Å². The van der Waals surface area contributed by atoms with Crippen LogP contribution >= 0.6 is 0 Å². The number of rotatable bonds is 8. The van der Waals surface area contributed by atoms with Crippen LogP contribution in [0.15, 0.2) is 11.6 Å². The molecule has 0 aromatic rings. The van der Waals surface area contributed by atoms with Crippen LogP contribution in [0.3, 0.4) is 0 Å². The van der Waals surface area contributed by atoms with E-state index in [1.54, 1.807) is 20.8 Å². The Balaban J connectivity index is 1.69. The first-order valence-electron chi connectivity index (χ1n) is 16.3. The predicted molar refractivity (Wildman–Crippen MR) is 163 cm³/mol. The van der Waals surface area contributed by atoms with Crippen LogP contribution in [-0.2, 0) is 28.7 Å². The van der Waals surface area contributed by atoms with E-state index in [4.69, 9.17) is 9.47 Å². The molecule has 44 heavy (non-hydrogen) atoms. The van der Waals surface area contributed by atoms with Crippen molar-refractivity contribution < 1.29 is 44.0 Å². The SMILES string of the molecule is CCC(=O)O[C@@H]1[C@@H](O)C[C@@H]2C(=CC[C@@H]3[C@@]2(C)C(=O)C[C@]2(C)[C@@H]([C@@](C)(O)C(=O)CCC(C)(C)OC(C)=O)[C@H](O)C[C@@]32C)C1(C)C. The zero-order valence-corrected chi connectivity index (χ0v) is 28.3. The molecule has 3 saturated carbocycles. The summed E-state index contributed by atoms with van der Waals surface area (Å²) in [5.41, 5.74) is -4.82. The van der Waals surface area contributed by atoms with Crippen molar-refractivity contribution in [3.8, 4) is 0 Å². The highest BCUT2D eigenvalue weighted by atomic mass is 16.6. The number of aliphatic hydroxyl groups excluding tert-OH is 2. The molecule has 0 aliphatic heterocycles. The molecular formula is C35H54O9. The van der Waals surface area contributed by atoms with Crippen LogP contribution in [-0.4, -0.2) is 68.3 Å². The maximum absolute atomic E-state index is 14.5. The van der Waals surface area contributed by atoms with Crippen molar-refractivity contribution in [3.63, 3.8) is 0 Å². The molecule has 248 valence electrons. The van der Waals surface area contributed by atoms with Crippen molar-refractivity contribution >= 4 is 23.5 Å². The molecule has 0 unspecified atom stereocenters. The molecule has 0 radical (unpaired) electrons. The Morgan fingerprint density at radius 2 is 1.64 bits per heavy atom. The number of esters is 2. The number of ether oxygens (including phenoxy) is 2. The van der Waals surface area contributed by atoms with E-state index in [-0.39, 0.29) is 55.7 Å². The number of hydrogen-bond donors (Lipinski definition) is 3. The minimum absolute atomic E-state index is 0.00317. The topological polar surface area (TPSA) is 147 Å². The lowest BCUT2D eigenvalue weighted by Crippen LogP contribution is -2.66. The van der Waals surface area contributed by atoms with Crippen molar-refractivity contribution in [2.24, 2.45) is 39.4 Å². The lowest BCUT2D eigenvalue weighted by Gasteiger charge is -2.65. The van der Waals surface area contributed by atoms with Crippen molar-refractivity contribution in [2.75, 3.05) is 0 Å². The lowest BCUT2D eigenvalue weighted by molar-refractivity contribution is -0.192. The first-order chi connectivity index (χ1) is 20.0. The molecule has 4 rings (SSSR count). The normalized spacial score (nSPS) is 40.9. The van der Waals surface area contributed by atoms with Gasteiger partial charge in [-0.15, -0.1) is 0 Å².